The molecule has 1 aromatic rings. The zero-order valence-corrected chi connectivity index (χ0v) is 13.8. The van der Waals surface area contributed by atoms with Crippen molar-refractivity contribution in [3.63, 3.8) is 0 Å². The number of anilines is 1. The number of nitrogen functional groups attached to an aromatic ring is 1. The van der Waals surface area contributed by atoms with Gasteiger partial charge in [0, 0.05) is 8.95 Å². The Bertz CT molecular complexity index is 662. The molecule has 2 N–H and O–H groups in total. The number of halogens is 9. The molecule has 0 fully saturated rings. The molecule has 0 aliphatic heterocycles. The van der Waals surface area contributed by atoms with Crippen LogP contribution in [0.15, 0.2) is 26.0 Å². The van der Waals surface area contributed by atoms with Crippen LogP contribution in [0.25, 0.3) is 0 Å². The fourth-order valence-corrected chi connectivity index (χ4v) is 4.31. The van der Waals surface area contributed by atoms with Crippen molar-refractivity contribution >= 4 is 47.4 Å². The largest absolute Gasteiger partial charge is 0.447 e. The number of benzene rings is 1. The van der Waals surface area contributed by atoms with Crippen LogP contribution in [0.2, 0.25) is 0 Å². The van der Waals surface area contributed by atoms with Gasteiger partial charge in [-0.05, 0) is 44.0 Å². The van der Waals surface area contributed by atoms with Crippen molar-refractivity contribution in [2.75, 3.05) is 5.73 Å². The van der Waals surface area contributed by atoms with Crippen molar-refractivity contribution in [2.45, 2.75) is 22.2 Å². The maximum Gasteiger partial charge on any atom is 0.447 e. The monoisotopic (exact) mass is 481 g/mol. The van der Waals surface area contributed by atoms with Gasteiger partial charge in [0.2, 0.25) is 9.84 Å². The summed E-state index contributed by atoms with van der Waals surface area (Å²) < 4.78 is 112. The van der Waals surface area contributed by atoms with Gasteiger partial charge in [0.05, 0.1) is 10.6 Å². The zero-order valence-electron chi connectivity index (χ0n) is 9.86. The fourth-order valence-electron chi connectivity index (χ4n) is 1.34. The molecule has 13 heteroatoms. The normalized spacial score (nSPS) is 14.2. The molecule has 22 heavy (non-hydrogen) atoms. The van der Waals surface area contributed by atoms with Crippen LogP contribution in [0.3, 0.4) is 0 Å². The predicted octanol–water partition coefficient (Wildman–Crippen LogP) is 4.36. The minimum absolute atomic E-state index is 0.192. The summed E-state index contributed by atoms with van der Waals surface area (Å²) in [5.74, 6) is 0. The second kappa shape index (κ2) is 5.51. The third kappa shape index (κ3) is 2.82. The molecule has 0 saturated carbocycles. The minimum Gasteiger partial charge on any atom is -0.397 e. The molecule has 0 aliphatic carbocycles. The summed E-state index contributed by atoms with van der Waals surface area (Å²) in [6.45, 7) is 0. The summed E-state index contributed by atoms with van der Waals surface area (Å²) in [7, 11) is -6.51. The Morgan fingerprint density at radius 1 is 0.864 bits per heavy atom. The summed E-state index contributed by atoms with van der Waals surface area (Å²) in [5, 5.41) is -6.46. The number of nitrogens with two attached hydrogens (primary N) is 1. The molecule has 0 bridgehead atoms. The summed E-state index contributed by atoms with van der Waals surface area (Å²) in [5.41, 5.74) is 5.16. The van der Waals surface area contributed by atoms with Crippen LogP contribution < -0.4 is 5.73 Å². The Morgan fingerprint density at radius 2 is 1.18 bits per heavy atom. The molecular weight excluding hydrogens is 479 g/mol. The van der Waals surface area contributed by atoms with E-state index in [2.05, 4.69) is 31.9 Å². The van der Waals surface area contributed by atoms with Gasteiger partial charge in [-0.2, -0.15) is 26.3 Å². The van der Waals surface area contributed by atoms with Gasteiger partial charge in [0.15, 0.2) is 0 Å². The number of sulfone groups is 1. The molecule has 1 rings (SSSR count). The molecule has 1 aromatic carbocycles. The van der Waals surface area contributed by atoms with Gasteiger partial charge in [0.1, 0.15) is 0 Å². The standard InChI is InChI=1S/C9H4Br2F7NO2S/c10-4-1-3(2-5(11)6(4)19)22(20,21)7(12,8(13,14)15)9(16,17)18/h1-2H,19H2. The molecular formula is C9H4Br2F7NO2S. The molecule has 0 heterocycles. The van der Waals surface area contributed by atoms with Crippen LogP contribution in [0.4, 0.5) is 36.4 Å². The van der Waals surface area contributed by atoms with Crippen molar-refractivity contribution < 1.29 is 39.2 Å². The molecule has 0 aromatic heterocycles. The highest BCUT2D eigenvalue weighted by Gasteiger charge is 2.80. The first kappa shape index (κ1) is 19.5. The predicted molar refractivity (Wildman–Crippen MR) is 69.4 cm³/mol. The molecule has 0 atom stereocenters. The van der Waals surface area contributed by atoms with Gasteiger partial charge >= 0.3 is 17.4 Å². The third-order valence-electron chi connectivity index (χ3n) is 2.46. The summed E-state index contributed by atoms with van der Waals surface area (Å²) in [4.78, 5) is -1.54. The molecule has 3 nitrogen and oxygen atoms in total. The Balaban J connectivity index is 3.77. The smallest absolute Gasteiger partial charge is 0.397 e. The van der Waals surface area contributed by atoms with E-state index in [1.54, 1.807) is 0 Å². The average molecular weight is 483 g/mol. The van der Waals surface area contributed by atoms with E-state index in [1.165, 1.54) is 0 Å². The van der Waals surface area contributed by atoms with Crippen molar-refractivity contribution in [3.05, 3.63) is 21.1 Å². The topological polar surface area (TPSA) is 60.2 Å². The Morgan fingerprint density at radius 3 is 1.45 bits per heavy atom. The Labute approximate surface area is 135 Å². The first-order chi connectivity index (χ1) is 9.57. The molecule has 126 valence electrons. The highest BCUT2D eigenvalue weighted by atomic mass is 79.9. The van der Waals surface area contributed by atoms with E-state index in [1.807, 2.05) is 0 Å². The van der Waals surface area contributed by atoms with Crippen LogP contribution in [0.1, 0.15) is 0 Å². The van der Waals surface area contributed by atoms with Gasteiger partial charge in [-0.1, -0.05) is 0 Å². The Kier molecular flexibility index (Phi) is 4.88. The second-order valence-electron chi connectivity index (χ2n) is 3.89. The van der Waals surface area contributed by atoms with Crippen molar-refractivity contribution in [1.29, 1.82) is 0 Å². The van der Waals surface area contributed by atoms with E-state index in [4.69, 9.17) is 5.73 Å². The number of hydrogen-bond donors (Lipinski definition) is 1. The lowest BCUT2D eigenvalue weighted by Crippen LogP contribution is -2.58. The highest BCUT2D eigenvalue weighted by Crippen LogP contribution is 2.52. The van der Waals surface area contributed by atoms with Crippen LogP contribution in [0.5, 0.6) is 0 Å². The van der Waals surface area contributed by atoms with Gasteiger partial charge in [-0.25, -0.2) is 12.8 Å². The second-order valence-corrected chi connectivity index (χ2v) is 7.64. The lowest BCUT2D eigenvalue weighted by molar-refractivity contribution is -0.305. The first-order valence-corrected chi connectivity index (χ1v) is 7.95. The third-order valence-corrected chi connectivity index (χ3v) is 5.83. The molecule has 0 spiro atoms. The zero-order chi connectivity index (χ0) is 17.7. The van der Waals surface area contributed by atoms with Crippen LogP contribution in [-0.4, -0.2) is 25.8 Å². The van der Waals surface area contributed by atoms with E-state index < -0.39 is 32.1 Å². The van der Waals surface area contributed by atoms with Gasteiger partial charge in [-0.15, -0.1) is 0 Å². The molecule has 0 saturated heterocycles. The molecule has 0 radical (unpaired) electrons. The summed E-state index contributed by atoms with van der Waals surface area (Å²) in [6.07, 6.45) is -13.5. The Hall–Kier alpha value is -0.560. The molecule has 0 unspecified atom stereocenters. The van der Waals surface area contributed by atoms with Crippen molar-refractivity contribution in [3.8, 4) is 0 Å². The quantitative estimate of drug-likeness (QED) is 0.503. The average Bonchev–Trinajstić information content (AvgIpc) is 2.31. The fraction of sp³-hybridized carbons (Fsp3) is 0.333. The van der Waals surface area contributed by atoms with Gasteiger partial charge in [-0.3, -0.25) is 0 Å². The number of rotatable bonds is 2. The SMILES string of the molecule is Nc1c(Br)cc(S(=O)(=O)C(F)(C(F)(F)F)C(F)(F)F)cc1Br. The number of alkyl halides is 7. The van der Waals surface area contributed by atoms with E-state index in [0.717, 1.165) is 0 Å². The van der Waals surface area contributed by atoms with Crippen LogP contribution >= 0.6 is 31.9 Å². The van der Waals surface area contributed by atoms with Gasteiger partial charge < -0.3 is 5.73 Å². The highest BCUT2D eigenvalue weighted by molar-refractivity contribution is 9.11. The van der Waals surface area contributed by atoms with E-state index in [0.29, 0.717) is 12.1 Å². The van der Waals surface area contributed by atoms with Crippen LogP contribution in [-0.2, 0) is 9.84 Å². The van der Waals surface area contributed by atoms with Gasteiger partial charge in [0.25, 0.3) is 0 Å². The van der Waals surface area contributed by atoms with Crippen LogP contribution in [0, 0.1) is 0 Å². The maximum absolute atomic E-state index is 13.7. The molecule has 0 aliphatic rings. The van der Waals surface area contributed by atoms with E-state index in [9.17, 15) is 39.2 Å². The number of hydrogen-bond acceptors (Lipinski definition) is 3. The van der Waals surface area contributed by atoms with Crippen molar-refractivity contribution in [1.82, 2.24) is 0 Å². The minimum atomic E-state index is -6.73. The lowest BCUT2D eigenvalue weighted by Gasteiger charge is -2.29. The summed E-state index contributed by atoms with van der Waals surface area (Å²) in [6, 6.07) is 0.697. The van der Waals surface area contributed by atoms with E-state index >= 15 is 0 Å². The molecule has 0 amide bonds. The lowest BCUT2D eigenvalue weighted by atomic mass is 10.3. The van der Waals surface area contributed by atoms with E-state index in [-0.39, 0.29) is 14.6 Å². The maximum atomic E-state index is 13.7. The van der Waals surface area contributed by atoms with Crippen molar-refractivity contribution in [2.24, 2.45) is 0 Å². The summed E-state index contributed by atoms with van der Waals surface area (Å²) >= 11 is 5.31. The first-order valence-electron chi connectivity index (χ1n) is 4.89.